The Kier molecular flexibility index (Phi) is 4.78. The van der Waals surface area contributed by atoms with Gasteiger partial charge in [0.2, 0.25) is 11.6 Å². The summed E-state index contributed by atoms with van der Waals surface area (Å²) >= 11 is 0. The van der Waals surface area contributed by atoms with Crippen molar-refractivity contribution < 1.29 is 4.42 Å². The molecule has 4 nitrogen and oxygen atoms in total. The largest absolute Gasteiger partial charge is 0.424 e. The van der Waals surface area contributed by atoms with Crippen LogP contribution in [0.4, 0.5) is 5.88 Å². The van der Waals surface area contributed by atoms with Gasteiger partial charge in [-0.05, 0) is 17.9 Å². The predicted octanol–water partition coefficient (Wildman–Crippen LogP) is 3.40. The number of hydrogen-bond donors (Lipinski definition) is 1. The molecule has 1 aromatic carbocycles. The molecule has 0 atom stereocenters. The van der Waals surface area contributed by atoms with Crippen molar-refractivity contribution in [2.45, 2.75) is 26.7 Å². The van der Waals surface area contributed by atoms with E-state index in [1.165, 1.54) is 5.56 Å². The average molecular weight is 269 g/mol. The van der Waals surface area contributed by atoms with Crippen molar-refractivity contribution in [2.75, 3.05) is 11.9 Å². The summed E-state index contributed by atoms with van der Waals surface area (Å²) < 4.78 is 5.61. The highest BCUT2D eigenvalue weighted by molar-refractivity contribution is 5.45. The zero-order valence-electron chi connectivity index (χ0n) is 11.9. The number of hydrogen-bond acceptors (Lipinski definition) is 4. The van der Waals surface area contributed by atoms with Gasteiger partial charge in [0.1, 0.15) is 6.07 Å². The zero-order chi connectivity index (χ0) is 14.4. The number of nitriles is 1. The minimum absolute atomic E-state index is 0.341. The van der Waals surface area contributed by atoms with Gasteiger partial charge >= 0.3 is 0 Å². The maximum atomic E-state index is 9.07. The van der Waals surface area contributed by atoms with Crippen LogP contribution in [0.2, 0.25) is 0 Å². The van der Waals surface area contributed by atoms with E-state index < -0.39 is 0 Å². The highest BCUT2D eigenvalue weighted by atomic mass is 16.4. The first-order valence-electron chi connectivity index (χ1n) is 6.86. The Balaban J connectivity index is 1.95. The molecule has 0 unspecified atom stereocenters. The normalized spacial score (nSPS) is 10.5. The maximum Gasteiger partial charge on any atom is 0.232 e. The Labute approximate surface area is 119 Å². The molecular weight excluding hydrogens is 250 g/mol. The fourth-order valence-electron chi connectivity index (χ4n) is 1.96. The second-order valence-corrected chi connectivity index (χ2v) is 5.16. The van der Waals surface area contributed by atoms with Gasteiger partial charge in [0.25, 0.3) is 0 Å². The molecule has 2 aromatic rings. The molecule has 4 heteroatoms. The molecule has 0 aliphatic carbocycles. The van der Waals surface area contributed by atoms with E-state index in [-0.39, 0.29) is 0 Å². The summed E-state index contributed by atoms with van der Waals surface area (Å²) in [6, 6.07) is 12.3. The van der Waals surface area contributed by atoms with Gasteiger partial charge in [-0.2, -0.15) is 5.26 Å². The van der Waals surface area contributed by atoms with Crippen molar-refractivity contribution in [3.8, 4) is 6.07 Å². The predicted molar refractivity (Wildman–Crippen MR) is 78.4 cm³/mol. The van der Waals surface area contributed by atoms with Crippen LogP contribution in [0.1, 0.15) is 31.0 Å². The molecule has 0 bridgehead atoms. The second kappa shape index (κ2) is 6.76. The number of nitrogens with zero attached hydrogens (tertiary/aromatic N) is 2. The second-order valence-electron chi connectivity index (χ2n) is 5.16. The first kappa shape index (κ1) is 14.1. The molecule has 0 saturated heterocycles. The van der Waals surface area contributed by atoms with E-state index in [9.17, 15) is 0 Å². The Morgan fingerprint density at radius 1 is 1.30 bits per heavy atom. The van der Waals surface area contributed by atoms with Crippen LogP contribution in [0.3, 0.4) is 0 Å². The summed E-state index contributed by atoms with van der Waals surface area (Å²) in [6.07, 6.45) is 1.63. The third-order valence-electron chi connectivity index (χ3n) is 2.90. The molecule has 0 aliphatic rings. The molecule has 1 N–H and O–H groups in total. The van der Waals surface area contributed by atoms with Gasteiger partial charge in [-0.25, -0.2) is 4.98 Å². The first-order valence-corrected chi connectivity index (χ1v) is 6.86. The lowest BCUT2D eigenvalue weighted by molar-refractivity contribution is 0.466. The van der Waals surface area contributed by atoms with Crippen molar-refractivity contribution in [1.29, 1.82) is 5.26 Å². The van der Waals surface area contributed by atoms with Gasteiger partial charge in [0, 0.05) is 13.0 Å². The van der Waals surface area contributed by atoms with Crippen LogP contribution in [-0.4, -0.2) is 11.5 Å². The Morgan fingerprint density at radius 3 is 2.70 bits per heavy atom. The van der Waals surface area contributed by atoms with E-state index in [1.54, 1.807) is 0 Å². The summed E-state index contributed by atoms with van der Waals surface area (Å²) in [4.78, 5) is 4.20. The van der Waals surface area contributed by atoms with Crippen molar-refractivity contribution in [3.63, 3.8) is 0 Å². The van der Waals surface area contributed by atoms with Crippen LogP contribution < -0.4 is 5.32 Å². The summed E-state index contributed by atoms with van der Waals surface area (Å²) in [7, 11) is 0. The Bertz CT molecular complexity index is 582. The molecule has 20 heavy (non-hydrogen) atoms. The minimum atomic E-state index is 0.341. The standard InChI is InChI=1S/C16H19N3O/c1-12(2)10-15-19-14(11-17)16(20-15)18-9-8-13-6-4-3-5-7-13/h3-7,12,18H,8-10H2,1-2H3. The van der Waals surface area contributed by atoms with Crippen LogP contribution in [-0.2, 0) is 12.8 Å². The summed E-state index contributed by atoms with van der Waals surface area (Å²) in [5, 5.41) is 12.2. The van der Waals surface area contributed by atoms with Gasteiger partial charge in [-0.3, -0.25) is 0 Å². The number of aromatic nitrogens is 1. The number of benzene rings is 1. The molecule has 1 aromatic heterocycles. The average Bonchev–Trinajstić information content (AvgIpc) is 2.81. The summed E-state index contributed by atoms with van der Waals surface area (Å²) in [5.41, 5.74) is 1.59. The number of oxazole rings is 1. The molecule has 0 amide bonds. The molecule has 0 aliphatic heterocycles. The molecule has 0 fully saturated rings. The lowest BCUT2D eigenvalue weighted by atomic mass is 10.1. The van der Waals surface area contributed by atoms with E-state index in [2.05, 4.69) is 42.4 Å². The third kappa shape index (κ3) is 3.86. The van der Waals surface area contributed by atoms with Gasteiger partial charge in [-0.1, -0.05) is 44.2 Å². The van der Waals surface area contributed by atoms with E-state index in [0.29, 0.717) is 23.4 Å². The van der Waals surface area contributed by atoms with Gasteiger partial charge < -0.3 is 9.73 Å². The van der Waals surface area contributed by atoms with Crippen molar-refractivity contribution >= 4 is 5.88 Å². The smallest absolute Gasteiger partial charge is 0.232 e. The number of nitrogens with one attached hydrogen (secondary N) is 1. The Morgan fingerprint density at radius 2 is 2.05 bits per heavy atom. The first-order chi connectivity index (χ1) is 9.69. The summed E-state index contributed by atoms with van der Waals surface area (Å²) in [5.74, 6) is 1.57. The lowest BCUT2D eigenvalue weighted by Gasteiger charge is -2.03. The van der Waals surface area contributed by atoms with Crippen LogP contribution in [0, 0.1) is 17.2 Å². The van der Waals surface area contributed by atoms with E-state index >= 15 is 0 Å². The minimum Gasteiger partial charge on any atom is -0.424 e. The molecule has 2 rings (SSSR count). The Hall–Kier alpha value is -2.28. The highest BCUT2D eigenvalue weighted by Crippen LogP contribution is 2.18. The monoisotopic (exact) mass is 269 g/mol. The van der Waals surface area contributed by atoms with Crippen molar-refractivity contribution in [1.82, 2.24) is 4.98 Å². The van der Waals surface area contributed by atoms with Gasteiger partial charge in [-0.15, -0.1) is 0 Å². The molecule has 0 saturated carbocycles. The van der Waals surface area contributed by atoms with Crippen LogP contribution >= 0.6 is 0 Å². The fraction of sp³-hybridized carbons (Fsp3) is 0.375. The lowest BCUT2D eigenvalue weighted by Crippen LogP contribution is -2.05. The summed E-state index contributed by atoms with van der Waals surface area (Å²) in [6.45, 7) is 4.91. The van der Waals surface area contributed by atoms with E-state index in [1.807, 2.05) is 18.2 Å². The van der Waals surface area contributed by atoms with Crippen molar-refractivity contribution in [2.24, 2.45) is 5.92 Å². The van der Waals surface area contributed by atoms with Crippen LogP contribution in [0.25, 0.3) is 0 Å². The fourth-order valence-corrected chi connectivity index (χ4v) is 1.96. The van der Waals surface area contributed by atoms with Crippen molar-refractivity contribution in [3.05, 3.63) is 47.5 Å². The van der Waals surface area contributed by atoms with Crippen LogP contribution in [0.5, 0.6) is 0 Å². The van der Waals surface area contributed by atoms with Crippen LogP contribution in [0.15, 0.2) is 34.7 Å². The topological polar surface area (TPSA) is 61.9 Å². The van der Waals surface area contributed by atoms with Gasteiger partial charge in [0.15, 0.2) is 5.89 Å². The zero-order valence-corrected chi connectivity index (χ0v) is 11.9. The van der Waals surface area contributed by atoms with Gasteiger partial charge in [0.05, 0.1) is 0 Å². The number of rotatable bonds is 6. The molecule has 0 radical (unpaired) electrons. The number of anilines is 1. The highest BCUT2D eigenvalue weighted by Gasteiger charge is 2.13. The molecular formula is C16H19N3O. The third-order valence-corrected chi connectivity index (χ3v) is 2.90. The SMILES string of the molecule is CC(C)Cc1nc(C#N)c(NCCc2ccccc2)o1. The molecule has 0 spiro atoms. The van der Waals surface area contributed by atoms with E-state index in [4.69, 9.17) is 9.68 Å². The quantitative estimate of drug-likeness (QED) is 0.873. The molecule has 104 valence electrons. The van der Waals surface area contributed by atoms with E-state index in [0.717, 1.165) is 19.4 Å². The molecule has 1 heterocycles. The maximum absolute atomic E-state index is 9.07.